The molecule has 8 aromatic rings. The molecule has 272 valence electrons. The molecule has 0 saturated heterocycles. The summed E-state index contributed by atoms with van der Waals surface area (Å²) in [7, 11) is -0.784. The van der Waals surface area contributed by atoms with Crippen molar-refractivity contribution in [1.29, 1.82) is 0 Å². The lowest BCUT2D eigenvalue weighted by Gasteiger charge is -2.29. The van der Waals surface area contributed by atoms with E-state index < -0.39 is 7.25 Å². The molecule has 6 heterocycles. The lowest BCUT2D eigenvalue weighted by molar-refractivity contribution is 0.403. The van der Waals surface area contributed by atoms with Crippen LogP contribution in [-0.2, 0) is 0 Å². The third-order valence-corrected chi connectivity index (χ3v) is 13.4. The number of thiophene rings is 2. The average Bonchev–Trinajstić information content (AvgIpc) is 4.07. The summed E-state index contributed by atoms with van der Waals surface area (Å²) >= 11 is 3.57. The second-order valence-corrected chi connectivity index (χ2v) is 17.0. The van der Waals surface area contributed by atoms with E-state index in [1.165, 1.54) is 52.9 Å². The molecule has 57 heavy (non-hydrogen) atoms. The Kier molecular flexibility index (Phi) is 7.95. The third-order valence-electron chi connectivity index (χ3n) is 11.1. The Morgan fingerprint density at radius 2 is 1.04 bits per heavy atom. The maximum Gasteiger partial charge on any atom is 0.743 e. The van der Waals surface area contributed by atoms with E-state index in [1.807, 2.05) is 0 Å². The quantitative estimate of drug-likeness (QED) is 0.163. The van der Waals surface area contributed by atoms with Crippen LogP contribution in [0.5, 0.6) is 11.5 Å². The van der Waals surface area contributed by atoms with Gasteiger partial charge >= 0.3 is 7.25 Å². The SMILES string of the molecule is Cc1cc(C)c(/C2=C3\C=CC(=N3)c3ccc(-c4ccc(-c5ccccc5)s4)cc3OB3Oc4cc(-c5ccc(-c6ccccc6)s5)ccc4-c4ccc2n43)c(C)c1. The van der Waals surface area contributed by atoms with Crippen LogP contribution < -0.4 is 9.31 Å². The zero-order valence-corrected chi connectivity index (χ0v) is 33.2. The molecule has 0 atom stereocenters. The monoisotopic (exact) mass is 770 g/mol. The van der Waals surface area contributed by atoms with Crippen LogP contribution in [0.1, 0.15) is 33.5 Å². The molecule has 0 spiro atoms. The van der Waals surface area contributed by atoms with Gasteiger partial charge in [0.25, 0.3) is 0 Å². The van der Waals surface area contributed by atoms with Crippen molar-refractivity contribution in [2.24, 2.45) is 4.99 Å². The number of aryl methyl sites for hydroxylation is 3. The summed E-state index contributed by atoms with van der Waals surface area (Å²) in [5.41, 5.74) is 16.3. The van der Waals surface area contributed by atoms with Crippen LogP contribution in [0.4, 0.5) is 0 Å². The van der Waals surface area contributed by atoms with E-state index in [1.54, 1.807) is 22.7 Å². The number of aliphatic imine (C=N–C) groups is 1. The molecule has 0 amide bonds. The van der Waals surface area contributed by atoms with Crippen LogP contribution in [0, 0.1) is 20.8 Å². The van der Waals surface area contributed by atoms with Crippen molar-refractivity contribution in [1.82, 2.24) is 4.48 Å². The number of aromatic nitrogens is 1. The molecule has 7 heteroatoms. The van der Waals surface area contributed by atoms with Gasteiger partial charge < -0.3 is 13.8 Å². The van der Waals surface area contributed by atoms with Crippen molar-refractivity contribution in [2.45, 2.75) is 20.8 Å². The topological polar surface area (TPSA) is 35.8 Å². The number of allylic oxidation sites excluding steroid dienone is 2. The molecule has 5 aromatic carbocycles. The molecular weight excluding hydrogens is 736 g/mol. The normalized spacial score (nSPS) is 15.0. The number of hydrogen-bond donors (Lipinski definition) is 0. The molecule has 0 saturated carbocycles. The summed E-state index contributed by atoms with van der Waals surface area (Å²) in [6, 6.07) is 51.9. The fraction of sp³-hybridized carbons (Fsp3) is 0.0600. The van der Waals surface area contributed by atoms with Crippen LogP contribution in [0.3, 0.4) is 0 Å². The first kappa shape index (κ1) is 33.9. The summed E-state index contributed by atoms with van der Waals surface area (Å²) in [6.07, 6.45) is 4.27. The highest BCUT2D eigenvalue weighted by Gasteiger charge is 2.41. The Bertz CT molecular complexity index is 2980. The predicted octanol–water partition coefficient (Wildman–Crippen LogP) is 13.3. The Morgan fingerprint density at radius 3 is 1.63 bits per heavy atom. The lowest BCUT2D eigenvalue weighted by Crippen LogP contribution is -2.42. The Morgan fingerprint density at radius 1 is 0.509 bits per heavy atom. The van der Waals surface area contributed by atoms with E-state index in [4.69, 9.17) is 14.3 Å². The first-order valence-corrected chi connectivity index (χ1v) is 20.8. The molecule has 4 nitrogen and oxygen atoms in total. The van der Waals surface area contributed by atoms with Crippen LogP contribution in [0.15, 0.2) is 168 Å². The summed E-state index contributed by atoms with van der Waals surface area (Å²) < 4.78 is 16.5. The molecule has 3 aliphatic rings. The Labute approximate surface area is 340 Å². The van der Waals surface area contributed by atoms with Crippen molar-refractivity contribution in [3.8, 4) is 64.5 Å². The van der Waals surface area contributed by atoms with E-state index in [9.17, 15) is 0 Å². The highest BCUT2D eigenvalue weighted by atomic mass is 32.1. The van der Waals surface area contributed by atoms with Gasteiger partial charge in [0.05, 0.1) is 11.4 Å². The van der Waals surface area contributed by atoms with Crippen LogP contribution in [0.2, 0.25) is 0 Å². The molecule has 0 fully saturated rings. The average molecular weight is 771 g/mol. The number of fused-ring (bicyclic) bond motifs is 5. The highest BCUT2D eigenvalue weighted by molar-refractivity contribution is 7.19. The van der Waals surface area contributed by atoms with E-state index in [0.717, 1.165) is 62.1 Å². The standard InChI is InChI=1S/C50H35BN2O2S2/c1-30-26-31(2)49(32(3)27-30)50-40-19-18-39(52-40)37-16-14-35(47-24-22-45(56-47)33-10-6-4-7-11-33)28-43(37)54-51-53-41(20-21-42(50)53)38-17-15-36(29-44(38)55-51)48-25-23-46(57-48)34-12-8-5-9-13-34/h4-29H,1-3H3/b50-40+. The van der Waals surface area contributed by atoms with Gasteiger partial charge in [0.2, 0.25) is 0 Å². The first-order chi connectivity index (χ1) is 27.9. The van der Waals surface area contributed by atoms with E-state index in [0.29, 0.717) is 0 Å². The highest BCUT2D eigenvalue weighted by Crippen LogP contribution is 2.46. The third kappa shape index (κ3) is 5.77. The molecule has 0 aliphatic carbocycles. The molecule has 0 N–H and O–H groups in total. The van der Waals surface area contributed by atoms with Gasteiger partial charge in [-0.2, -0.15) is 0 Å². The zero-order valence-electron chi connectivity index (χ0n) is 31.6. The maximum atomic E-state index is 7.18. The fourth-order valence-electron chi connectivity index (χ4n) is 8.53. The van der Waals surface area contributed by atoms with Gasteiger partial charge in [-0.25, -0.2) is 4.99 Å². The van der Waals surface area contributed by atoms with E-state index >= 15 is 0 Å². The van der Waals surface area contributed by atoms with Gasteiger partial charge in [-0.15, -0.1) is 22.7 Å². The number of benzene rings is 5. The van der Waals surface area contributed by atoms with Crippen LogP contribution >= 0.6 is 22.7 Å². The van der Waals surface area contributed by atoms with Gasteiger partial charge in [-0.1, -0.05) is 90.5 Å². The summed E-state index contributed by atoms with van der Waals surface area (Å²) in [6.45, 7) is 6.56. The molecule has 0 radical (unpaired) electrons. The summed E-state index contributed by atoms with van der Waals surface area (Å²) in [5, 5.41) is 0. The van der Waals surface area contributed by atoms with Crippen molar-refractivity contribution in [3.05, 3.63) is 197 Å². The van der Waals surface area contributed by atoms with Crippen LogP contribution in [-0.4, -0.2) is 17.4 Å². The van der Waals surface area contributed by atoms with E-state index in [2.05, 4.69) is 183 Å². The Balaban J connectivity index is 1.08. The largest absolute Gasteiger partial charge is 0.743 e. The zero-order chi connectivity index (χ0) is 38.2. The van der Waals surface area contributed by atoms with Crippen molar-refractivity contribution >= 4 is 41.2 Å². The summed E-state index contributed by atoms with van der Waals surface area (Å²) in [4.78, 5) is 10.2. The number of rotatable bonds is 5. The fourth-order valence-corrected chi connectivity index (χ4v) is 10.5. The molecule has 0 unspecified atom stereocenters. The lowest BCUT2D eigenvalue weighted by atomic mass is 9.89. The molecule has 3 aliphatic heterocycles. The number of hydrogen-bond acceptors (Lipinski definition) is 5. The van der Waals surface area contributed by atoms with Crippen molar-refractivity contribution < 1.29 is 9.31 Å². The molecule has 11 rings (SSSR count). The number of nitrogens with zero attached hydrogens (tertiary/aromatic N) is 2. The minimum atomic E-state index is -0.784. The minimum Gasteiger partial charge on any atom is -0.506 e. The molecule has 3 aromatic heterocycles. The summed E-state index contributed by atoms with van der Waals surface area (Å²) in [5.74, 6) is 1.51. The van der Waals surface area contributed by atoms with Gasteiger partial charge in [0.15, 0.2) is 0 Å². The van der Waals surface area contributed by atoms with Gasteiger partial charge in [-0.05, 0) is 133 Å². The predicted molar refractivity (Wildman–Crippen MR) is 239 cm³/mol. The molecular formula is C50H35BN2O2S2. The van der Waals surface area contributed by atoms with Gasteiger partial charge in [0, 0.05) is 47.6 Å². The second-order valence-electron chi connectivity index (χ2n) is 14.9. The smallest absolute Gasteiger partial charge is 0.506 e. The van der Waals surface area contributed by atoms with E-state index in [-0.39, 0.29) is 0 Å². The van der Waals surface area contributed by atoms with Gasteiger partial charge in [0.1, 0.15) is 11.5 Å². The van der Waals surface area contributed by atoms with Crippen molar-refractivity contribution in [3.63, 3.8) is 0 Å². The Hall–Kier alpha value is -6.41. The van der Waals surface area contributed by atoms with Crippen LogP contribution in [0.25, 0.3) is 58.6 Å². The van der Waals surface area contributed by atoms with Gasteiger partial charge in [-0.3, -0.25) is 0 Å². The minimum absolute atomic E-state index is 0.721. The van der Waals surface area contributed by atoms with Crippen molar-refractivity contribution in [2.75, 3.05) is 0 Å². The second kappa shape index (κ2) is 13.4. The first-order valence-electron chi connectivity index (χ1n) is 19.2. The maximum absolute atomic E-state index is 7.18. The molecule has 2 bridgehead atoms.